The molecule has 1 aromatic heterocycles. The van der Waals surface area contributed by atoms with E-state index in [1.165, 1.54) is 16.4 Å². The lowest BCUT2D eigenvalue weighted by molar-refractivity contribution is -0.119. The number of nitrogen functional groups attached to an aromatic ring is 1. The maximum absolute atomic E-state index is 12.7. The smallest absolute Gasteiger partial charge is 0.230 e. The Morgan fingerprint density at radius 2 is 1.94 bits per heavy atom. The number of thioether (sulfide) groups is 1. The largest absolute Gasteiger partial charge is 0.486 e. The number of amides is 1. The van der Waals surface area contributed by atoms with E-state index >= 15 is 0 Å². The SMILES string of the molecule is CC(C)C(NC(=O)CSc1nnc(-c2ccccc2Cl)n1N)c1ccc2c(c1)OCCO2. The molecule has 3 N–H and O–H groups in total. The quantitative estimate of drug-likeness (QED) is 0.398. The molecule has 1 aliphatic heterocycles. The van der Waals surface area contributed by atoms with E-state index in [1.807, 2.05) is 36.4 Å². The lowest BCUT2D eigenvalue weighted by Gasteiger charge is -2.25. The molecule has 0 fully saturated rings. The molecule has 168 valence electrons. The van der Waals surface area contributed by atoms with Crippen LogP contribution in [-0.4, -0.2) is 39.7 Å². The summed E-state index contributed by atoms with van der Waals surface area (Å²) in [5, 5.41) is 12.3. The van der Waals surface area contributed by atoms with Gasteiger partial charge in [0.05, 0.1) is 16.8 Å². The third-order valence-corrected chi connectivity index (χ3v) is 6.29. The fourth-order valence-electron chi connectivity index (χ4n) is 3.44. The highest BCUT2D eigenvalue weighted by Crippen LogP contribution is 2.34. The Morgan fingerprint density at radius 1 is 1.19 bits per heavy atom. The van der Waals surface area contributed by atoms with Gasteiger partial charge < -0.3 is 20.6 Å². The molecule has 1 amide bonds. The van der Waals surface area contributed by atoms with Crippen LogP contribution in [0.3, 0.4) is 0 Å². The van der Waals surface area contributed by atoms with Gasteiger partial charge in [-0.15, -0.1) is 10.2 Å². The number of benzene rings is 2. The van der Waals surface area contributed by atoms with Gasteiger partial charge in [0.15, 0.2) is 17.3 Å². The number of carbonyl (C=O) groups is 1. The summed E-state index contributed by atoms with van der Waals surface area (Å²) < 4.78 is 12.6. The fraction of sp³-hybridized carbons (Fsp3) is 0.318. The first-order valence-electron chi connectivity index (χ1n) is 10.2. The average molecular weight is 474 g/mol. The van der Waals surface area contributed by atoms with E-state index in [1.54, 1.807) is 6.07 Å². The number of nitrogens with two attached hydrogens (primary N) is 1. The normalized spacial score (nSPS) is 13.8. The molecule has 10 heteroatoms. The number of ether oxygens (including phenoxy) is 2. The van der Waals surface area contributed by atoms with Crippen molar-refractivity contribution in [3.05, 3.63) is 53.1 Å². The van der Waals surface area contributed by atoms with Gasteiger partial charge >= 0.3 is 0 Å². The summed E-state index contributed by atoms with van der Waals surface area (Å²) in [6, 6.07) is 12.8. The van der Waals surface area contributed by atoms with Gasteiger partial charge in [0.1, 0.15) is 13.2 Å². The summed E-state index contributed by atoms with van der Waals surface area (Å²) in [6.45, 7) is 5.17. The molecule has 0 bridgehead atoms. The van der Waals surface area contributed by atoms with Crippen LogP contribution in [0.4, 0.5) is 0 Å². The van der Waals surface area contributed by atoms with Crippen LogP contribution in [0.5, 0.6) is 11.5 Å². The zero-order valence-corrected chi connectivity index (χ0v) is 19.3. The molecule has 32 heavy (non-hydrogen) atoms. The molecule has 0 radical (unpaired) electrons. The Balaban J connectivity index is 1.42. The third-order valence-electron chi connectivity index (χ3n) is 5.02. The number of halogens is 1. The Kier molecular flexibility index (Phi) is 6.76. The number of fused-ring (bicyclic) bond motifs is 1. The highest BCUT2D eigenvalue weighted by molar-refractivity contribution is 7.99. The van der Waals surface area contributed by atoms with Crippen molar-refractivity contribution in [2.45, 2.75) is 25.0 Å². The number of carbonyl (C=O) groups excluding carboxylic acids is 1. The molecule has 8 nitrogen and oxygen atoms in total. The molecule has 3 aromatic rings. The Morgan fingerprint density at radius 3 is 2.69 bits per heavy atom. The van der Waals surface area contributed by atoms with Gasteiger partial charge in [-0.05, 0) is 35.7 Å². The first kappa shape index (κ1) is 22.3. The van der Waals surface area contributed by atoms with Crippen LogP contribution in [0, 0.1) is 5.92 Å². The number of nitrogens with one attached hydrogen (secondary N) is 1. The van der Waals surface area contributed by atoms with E-state index in [-0.39, 0.29) is 23.6 Å². The van der Waals surface area contributed by atoms with E-state index in [4.69, 9.17) is 26.9 Å². The second-order valence-corrected chi connectivity index (χ2v) is 8.99. The van der Waals surface area contributed by atoms with Crippen LogP contribution in [0.15, 0.2) is 47.6 Å². The van der Waals surface area contributed by atoms with Crippen molar-refractivity contribution in [2.75, 3.05) is 24.8 Å². The highest BCUT2D eigenvalue weighted by Gasteiger charge is 2.22. The topological polar surface area (TPSA) is 104 Å². The summed E-state index contributed by atoms with van der Waals surface area (Å²) in [7, 11) is 0. The summed E-state index contributed by atoms with van der Waals surface area (Å²) in [6.07, 6.45) is 0. The summed E-state index contributed by atoms with van der Waals surface area (Å²) >= 11 is 7.45. The fourth-order valence-corrected chi connectivity index (χ4v) is 4.32. The summed E-state index contributed by atoms with van der Waals surface area (Å²) in [5.74, 6) is 8.20. The van der Waals surface area contributed by atoms with Crippen molar-refractivity contribution in [1.82, 2.24) is 20.2 Å². The van der Waals surface area contributed by atoms with Gasteiger partial charge in [0.25, 0.3) is 0 Å². The van der Waals surface area contributed by atoms with Crippen LogP contribution in [0.25, 0.3) is 11.4 Å². The van der Waals surface area contributed by atoms with Crippen LogP contribution >= 0.6 is 23.4 Å². The molecule has 0 spiro atoms. The molecule has 0 aliphatic carbocycles. The molecule has 2 heterocycles. The van der Waals surface area contributed by atoms with E-state index in [0.29, 0.717) is 40.5 Å². The predicted octanol–water partition coefficient (Wildman–Crippen LogP) is 3.69. The Labute approximate surface area is 195 Å². The molecule has 2 aromatic carbocycles. The van der Waals surface area contributed by atoms with Crippen LogP contribution in [0.1, 0.15) is 25.5 Å². The molecular weight excluding hydrogens is 450 g/mol. The number of hydrogen-bond acceptors (Lipinski definition) is 7. The maximum atomic E-state index is 12.7. The monoisotopic (exact) mass is 473 g/mol. The zero-order valence-electron chi connectivity index (χ0n) is 17.7. The second kappa shape index (κ2) is 9.70. The minimum atomic E-state index is -0.173. The van der Waals surface area contributed by atoms with Crippen molar-refractivity contribution in [2.24, 2.45) is 5.92 Å². The number of hydrogen-bond donors (Lipinski definition) is 2. The summed E-state index contributed by atoms with van der Waals surface area (Å²) in [5.41, 5.74) is 1.64. The van der Waals surface area contributed by atoms with Gasteiger partial charge in [-0.3, -0.25) is 4.79 Å². The van der Waals surface area contributed by atoms with E-state index in [0.717, 1.165) is 11.3 Å². The maximum Gasteiger partial charge on any atom is 0.230 e. The highest BCUT2D eigenvalue weighted by atomic mass is 35.5. The van der Waals surface area contributed by atoms with Crippen molar-refractivity contribution < 1.29 is 14.3 Å². The predicted molar refractivity (Wildman–Crippen MR) is 124 cm³/mol. The van der Waals surface area contributed by atoms with E-state index < -0.39 is 0 Å². The molecule has 0 saturated carbocycles. The van der Waals surface area contributed by atoms with Crippen molar-refractivity contribution in [3.63, 3.8) is 0 Å². The van der Waals surface area contributed by atoms with Crippen LogP contribution in [0.2, 0.25) is 5.02 Å². The van der Waals surface area contributed by atoms with Gasteiger partial charge in [0, 0.05) is 5.56 Å². The first-order valence-corrected chi connectivity index (χ1v) is 11.6. The van der Waals surface area contributed by atoms with E-state index in [2.05, 4.69) is 29.4 Å². The zero-order chi connectivity index (χ0) is 22.7. The average Bonchev–Trinajstić information content (AvgIpc) is 3.16. The molecule has 1 aliphatic rings. The Hall–Kier alpha value is -2.91. The first-order chi connectivity index (χ1) is 15.4. The molecule has 1 unspecified atom stereocenters. The van der Waals surface area contributed by atoms with Crippen molar-refractivity contribution in [1.29, 1.82) is 0 Å². The minimum absolute atomic E-state index is 0.133. The van der Waals surface area contributed by atoms with E-state index in [9.17, 15) is 4.79 Å². The van der Waals surface area contributed by atoms with Gasteiger partial charge in [-0.25, -0.2) is 4.68 Å². The number of aromatic nitrogens is 3. The number of nitrogens with zero attached hydrogens (tertiary/aromatic N) is 3. The lowest BCUT2D eigenvalue weighted by atomic mass is 9.95. The van der Waals surface area contributed by atoms with Crippen LogP contribution in [-0.2, 0) is 4.79 Å². The molecule has 1 atom stereocenters. The summed E-state index contributed by atoms with van der Waals surface area (Å²) in [4.78, 5) is 12.7. The minimum Gasteiger partial charge on any atom is -0.486 e. The lowest BCUT2D eigenvalue weighted by Crippen LogP contribution is -2.33. The van der Waals surface area contributed by atoms with Gasteiger partial charge in [-0.1, -0.05) is 55.4 Å². The second-order valence-electron chi connectivity index (χ2n) is 7.64. The molecule has 4 rings (SSSR count). The Bertz CT molecular complexity index is 1120. The van der Waals surface area contributed by atoms with Crippen LogP contribution < -0.4 is 20.6 Å². The van der Waals surface area contributed by atoms with Gasteiger partial charge in [0.2, 0.25) is 11.1 Å². The standard InChI is InChI=1S/C22H24ClN5O3S/c1-13(2)20(14-7-8-17-18(11-14)31-10-9-30-17)25-19(29)12-32-22-27-26-21(28(22)24)15-5-3-4-6-16(15)23/h3-8,11,13,20H,9-10,12,24H2,1-2H3,(H,25,29). The van der Waals surface area contributed by atoms with Gasteiger partial charge in [-0.2, -0.15) is 0 Å². The van der Waals surface area contributed by atoms with Crippen molar-refractivity contribution >= 4 is 29.3 Å². The molecule has 0 saturated heterocycles. The third kappa shape index (κ3) is 4.78. The number of rotatable bonds is 7. The van der Waals surface area contributed by atoms with Crippen molar-refractivity contribution in [3.8, 4) is 22.9 Å². The molecular formula is C22H24ClN5O3S.